The quantitative estimate of drug-likeness (QED) is 0.337. The number of aromatic amines is 2. The first-order chi connectivity index (χ1) is 15.2. The molecule has 0 aliphatic carbocycles. The number of carbonyl (C=O) groups excluding carboxylic acids is 2. The smallest absolute Gasteiger partial charge is 0.321 e. The number of carbonyl (C=O) groups is 2. The van der Waals surface area contributed by atoms with Crippen LogP contribution in [0.5, 0.6) is 0 Å². The van der Waals surface area contributed by atoms with Crippen molar-refractivity contribution in [2.75, 3.05) is 23.7 Å². The molecule has 0 fully saturated rings. The number of anilines is 2. The molecule has 32 heavy (non-hydrogen) atoms. The van der Waals surface area contributed by atoms with E-state index in [4.69, 9.17) is 0 Å². The molecule has 2 aromatic heterocycles. The number of urea groups is 2. The number of hydrogen-bond acceptors (Lipinski definition) is 6. The van der Waals surface area contributed by atoms with E-state index in [-0.39, 0.29) is 35.1 Å². The van der Waals surface area contributed by atoms with Gasteiger partial charge in [0.1, 0.15) is 0 Å². The molecule has 0 radical (unpaired) electrons. The molecule has 0 aliphatic rings. The van der Waals surface area contributed by atoms with E-state index in [1.807, 2.05) is 13.8 Å². The van der Waals surface area contributed by atoms with Crippen molar-refractivity contribution in [2.24, 2.45) is 0 Å². The highest BCUT2D eigenvalue weighted by Gasteiger charge is 2.04. The van der Waals surface area contributed by atoms with Crippen molar-refractivity contribution in [3.63, 3.8) is 0 Å². The van der Waals surface area contributed by atoms with Crippen LogP contribution in [0.2, 0.25) is 0 Å². The van der Waals surface area contributed by atoms with Crippen molar-refractivity contribution in [1.29, 1.82) is 0 Å². The Labute approximate surface area is 186 Å². The van der Waals surface area contributed by atoms with E-state index in [2.05, 4.69) is 41.2 Å². The van der Waals surface area contributed by atoms with Gasteiger partial charge in [-0.25, -0.2) is 19.6 Å². The van der Waals surface area contributed by atoms with E-state index in [1.165, 1.54) is 12.1 Å². The Hall–Kier alpha value is -3.70. The number of hydrogen-bond donors (Lipinski definition) is 6. The van der Waals surface area contributed by atoms with Gasteiger partial charge in [-0.3, -0.25) is 30.2 Å². The third kappa shape index (κ3) is 11.5. The van der Waals surface area contributed by atoms with Crippen molar-refractivity contribution >= 4 is 24.0 Å². The molecule has 176 valence electrons. The van der Waals surface area contributed by atoms with E-state index in [0.29, 0.717) is 24.5 Å². The highest BCUT2D eigenvalue weighted by molar-refractivity contribution is 5.87. The largest absolute Gasteiger partial charge is 0.338 e. The number of nitrogens with one attached hydrogen (secondary N) is 6. The summed E-state index contributed by atoms with van der Waals surface area (Å²) in [5.41, 5.74) is 0.563. The Bertz CT molecular complexity index is 907. The minimum absolute atomic E-state index is 0.166. The fourth-order valence-corrected chi connectivity index (χ4v) is 2.34. The molecule has 2 aromatic rings. The second kappa shape index (κ2) is 14.3. The van der Waals surface area contributed by atoms with Gasteiger partial charge in [0.25, 0.3) is 11.1 Å². The van der Waals surface area contributed by atoms with Crippen molar-refractivity contribution < 1.29 is 9.59 Å². The highest BCUT2D eigenvalue weighted by atomic mass is 16.2. The van der Waals surface area contributed by atoms with Crippen LogP contribution in [0.3, 0.4) is 0 Å². The van der Waals surface area contributed by atoms with E-state index in [0.717, 1.165) is 25.7 Å². The SMILES string of the molecule is CCCCNC(=O)Nc1nc(C)cc(=O)[nH]1.CCCCNC(=O)Nc1nc(C)cc(=O)[nH]1. The van der Waals surface area contributed by atoms with Crippen LogP contribution in [0.1, 0.15) is 50.9 Å². The molecule has 0 saturated heterocycles. The lowest BCUT2D eigenvalue weighted by Crippen LogP contribution is -2.31. The summed E-state index contributed by atoms with van der Waals surface area (Å²) in [7, 11) is 0. The summed E-state index contributed by atoms with van der Waals surface area (Å²) in [6, 6.07) is 2.00. The topological polar surface area (TPSA) is 174 Å². The van der Waals surface area contributed by atoms with E-state index in [1.54, 1.807) is 13.8 Å². The number of nitrogens with zero attached hydrogens (tertiary/aromatic N) is 2. The number of unbranched alkanes of at least 4 members (excludes halogenated alkanes) is 2. The van der Waals surface area contributed by atoms with Gasteiger partial charge in [0.05, 0.1) is 0 Å². The Morgan fingerprint density at radius 1 is 0.781 bits per heavy atom. The van der Waals surface area contributed by atoms with Crippen LogP contribution in [0.15, 0.2) is 21.7 Å². The summed E-state index contributed by atoms with van der Waals surface area (Å²) < 4.78 is 0. The molecule has 0 bridgehead atoms. The van der Waals surface area contributed by atoms with Crippen LogP contribution in [0.4, 0.5) is 21.5 Å². The first-order valence-corrected chi connectivity index (χ1v) is 10.5. The summed E-state index contributed by atoms with van der Waals surface area (Å²) >= 11 is 0. The van der Waals surface area contributed by atoms with Gasteiger partial charge in [-0.15, -0.1) is 0 Å². The lowest BCUT2D eigenvalue weighted by Gasteiger charge is -2.06. The predicted molar refractivity (Wildman–Crippen MR) is 123 cm³/mol. The van der Waals surface area contributed by atoms with Crippen LogP contribution < -0.4 is 32.4 Å². The fourth-order valence-electron chi connectivity index (χ4n) is 2.34. The molecule has 0 atom stereocenters. The monoisotopic (exact) mass is 448 g/mol. The molecule has 2 heterocycles. The lowest BCUT2D eigenvalue weighted by molar-refractivity contribution is 0.251. The van der Waals surface area contributed by atoms with Crippen LogP contribution >= 0.6 is 0 Å². The maximum atomic E-state index is 11.3. The zero-order valence-electron chi connectivity index (χ0n) is 18.9. The normalized spacial score (nSPS) is 9.88. The van der Waals surface area contributed by atoms with Crippen molar-refractivity contribution in [3.05, 3.63) is 44.2 Å². The summed E-state index contributed by atoms with van der Waals surface area (Å²) in [5.74, 6) is 0.331. The minimum Gasteiger partial charge on any atom is -0.338 e. The summed E-state index contributed by atoms with van der Waals surface area (Å²) in [6.45, 7) is 8.68. The van der Waals surface area contributed by atoms with Crippen molar-refractivity contribution in [2.45, 2.75) is 53.4 Å². The van der Waals surface area contributed by atoms with Crippen molar-refractivity contribution in [3.8, 4) is 0 Å². The third-order valence-corrected chi connectivity index (χ3v) is 3.84. The summed E-state index contributed by atoms with van der Waals surface area (Å²) in [5, 5.41) is 10.2. The Kier molecular flexibility index (Phi) is 11.8. The molecule has 0 unspecified atom stereocenters. The number of rotatable bonds is 8. The van der Waals surface area contributed by atoms with Crippen molar-refractivity contribution in [1.82, 2.24) is 30.6 Å². The van der Waals surface area contributed by atoms with Crippen LogP contribution in [0.25, 0.3) is 0 Å². The van der Waals surface area contributed by atoms with E-state index < -0.39 is 0 Å². The van der Waals surface area contributed by atoms with Crippen LogP contribution in [-0.4, -0.2) is 45.1 Å². The number of H-pyrrole nitrogens is 2. The van der Waals surface area contributed by atoms with Gasteiger partial charge in [-0.2, -0.15) is 0 Å². The molecule has 0 spiro atoms. The molecular formula is C20H32N8O4. The molecule has 12 heteroatoms. The van der Waals surface area contributed by atoms with Crippen LogP contribution in [-0.2, 0) is 0 Å². The zero-order valence-corrected chi connectivity index (χ0v) is 18.9. The number of amides is 4. The van der Waals surface area contributed by atoms with Gasteiger partial charge >= 0.3 is 12.1 Å². The first-order valence-electron chi connectivity index (χ1n) is 10.5. The second-order valence-corrected chi connectivity index (χ2v) is 6.94. The molecule has 0 saturated carbocycles. The zero-order chi connectivity index (χ0) is 23.9. The third-order valence-electron chi connectivity index (χ3n) is 3.84. The summed E-state index contributed by atoms with van der Waals surface area (Å²) in [4.78, 5) is 57.6. The molecule has 12 nitrogen and oxygen atoms in total. The van der Waals surface area contributed by atoms with Gasteiger partial charge < -0.3 is 10.6 Å². The van der Waals surface area contributed by atoms with E-state index >= 15 is 0 Å². The average Bonchev–Trinajstić information content (AvgIpc) is 2.67. The van der Waals surface area contributed by atoms with Gasteiger partial charge in [-0.05, 0) is 26.7 Å². The van der Waals surface area contributed by atoms with Gasteiger partial charge in [0.2, 0.25) is 11.9 Å². The fraction of sp³-hybridized carbons (Fsp3) is 0.500. The van der Waals surface area contributed by atoms with Gasteiger partial charge in [0.15, 0.2) is 0 Å². The molecule has 4 amide bonds. The molecule has 6 N–H and O–H groups in total. The first kappa shape index (κ1) is 26.3. The minimum atomic E-state index is -0.359. The van der Waals surface area contributed by atoms with E-state index in [9.17, 15) is 19.2 Å². The van der Waals surface area contributed by atoms with Gasteiger partial charge in [-0.1, -0.05) is 26.7 Å². The maximum Gasteiger partial charge on any atom is 0.321 e. The Morgan fingerprint density at radius 2 is 1.16 bits per heavy atom. The molecule has 2 rings (SSSR count). The average molecular weight is 449 g/mol. The maximum absolute atomic E-state index is 11.3. The predicted octanol–water partition coefficient (Wildman–Crippen LogP) is 2.00. The van der Waals surface area contributed by atoms with Crippen LogP contribution in [0, 0.1) is 13.8 Å². The Balaban J connectivity index is 0.000000320. The Morgan fingerprint density at radius 3 is 1.47 bits per heavy atom. The summed E-state index contributed by atoms with van der Waals surface area (Å²) in [6.07, 6.45) is 3.87. The second-order valence-electron chi connectivity index (χ2n) is 6.94. The number of aryl methyl sites for hydroxylation is 2. The lowest BCUT2D eigenvalue weighted by atomic mass is 10.3. The highest BCUT2D eigenvalue weighted by Crippen LogP contribution is 1.96. The number of aromatic nitrogens is 4. The molecule has 0 aliphatic heterocycles. The molecular weight excluding hydrogens is 416 g/mol. The standard InChI is InChI=1S/2C10H16N4O2/c2*1-3-4-5-11-10(16)14-9-12-7(2)6-8(15)13-9/h2*6H,3-5H2,1-2H3,(H3,11,12,13,14,15,16). The molecule has 0 aromatic carbocycles. The van der Waals surface area contributed by atoms with Gasteiger partial charge in [0, 0.05) is 36.6 Å².